The molecule has 0 spiro atoms. The summed E-state index contributed by atoms with van der Waals surface area (Å²) < 4.78 is 6.39. The van der Waals surface area contributed by atoms with Crippen LogP contribution < -0.4 is 20.9 Å². The summed E-state index contributed by atoms with van der Waals surface area (Å²) in [6.45, 7) is 3.86. The number of nitrogens with one attached hydrogen (secondary N) is 1. The summed E-state index contributed by atoms with van der Waals surface area (Å²) in [7, 11) is 1.46. The molecule has 0 atom stereocenters. The molecule has 0 amide bonds. The van der Waals surface area contributed by atoms with Crippen molar-refractivity contribution >= 4 is 35.9 Å². The molecule has 1 aromatic heterocycles. The molecular formula is C18H14Cl2N2O3. The Labute approximate surface area is 153 Å². The van der Waals surface area contributed by atoms with Gasteiger partial charge in [0.25, 0.3) is 5.56 Å². The average Bonchev–Trinajstić information content (AvgIpc) is 2.87. The summed E-state index contributed by atoms with van der Waals surface area (Å²) in [6, 6.07) is 9.87. The van der Waals surface area contributed by atoms with Gasteiger partial charge in [-0.1, -0.05) is 41.9 Å². The third-order valence-corrected chi connectivity index (χ3v) is 4.46. The minimum Gasteiger partial charge on any atom is -0.504 e. The first-order valence-electron chi connectivity index (χ1n) is 7.25. The molecule has 2 aromatic carbocycles. The van der Waals surface area contributed by atoms with E-state index in [-0.39, 0.29) is 11.3 Å². The number of nitrogens with zero attached hydrogens (tertiary/aromatic N) is 1. The van der Waals surface area contributed by atoms with Gasteiger partial charge in [0.05, 0.1) is 33.4 Å². The molecule has 1 heterocycles. The zero-order valence-corrected chi connectivity index (χ0v) is 14.7. The highest BCUT2D eigenvalue weighted by atomic mass is 35.5. The Morgan fingerprint density at radius 1 is 1.24 bits per heavy atom. The van der Waals surface area contributed by atoms with Crippen LogP contribution >= 0.6 is 23.2 Å². The lowest BCUT2D eigenvalue weighted by molar-refractivity contribution is 0.373. The molecule has 128 valence electrons. The van der Waals surface area contributed by atoms with Crippen LogP contribution in [0, 0.1) is 0 Å². The van der Waals surface area contributed by atoms with E-state index in [1.54, 1.807) is 42.5 Å². The van der Waals surface area contributed by atoms with Gasteiger partial charge in [-0.2, -0.15) is 0 Å². The largest absolute Gasteiger partial charge is 0.504 e. The van der Waals surface area contributed by atoms with E-state index in [0.717, 1.165) is 0 Å². The lowest BCUT2D eigenvalue weighted by atomic mass is 10.1. The number of halogens is 2. The van der Waals surface area contributed by atoms with Crippen molar-refractivity contribution in [1.29, 1.82) is 0 Å². The highest BCUT2D eigenvalue weighted by Crippen LogP contribution is 2.29. The van der Waals surface area contributed by atoms with Crippen molar-refractivity contribution in [3.05, 3.63) is 72.9 Å². The monoisotopic (exact) mass is 376 g/mol. The van der Waals surface area contributed by atoms with Crippen LogP contribution in [0.15, 0.2) is 41.2 Å². The Kier molecular flexibility index (Phi) is 4.61. The Balaban J connectivity index is 2.20. The number of phenolic OH excluding ortho intramolecular Hbond substituents is 1. The standard InChI is InChI=1S/C18H14Cl2N2O3/c1-10-13(8-11-4-3-5-16(25-2)17(11)23)18(24)22(21-10)12-6-7-14(19)15(20)9-12/h3-9,21,23H,1H2,2H3/b13-8+. The molecule has 0 unspecified atom stereocenters. The fourth-order valence-electron chi connectivity index (χ4n) is 2.43. The molecule has 7 heteroatoms. The Morgan fingerprint density at radius 3 is 2.68 bits per heavy atom. The quantitative estimate of drug-likeness (QED) is 0.737. The lowest BCUT2D eigenvalue weighted by Gasteiger charge is -2.04. The van der Waals surface area contributed by atoms with Gasteiger partial charge < -0.3 is 9.84 Å². The Hall–Kier alpha value is -2.63. The van der Waals surface area contributed by atoms with Crippen molar-refractivity contribution in [3.63, 3.8) is 0 Å². The summed E-state index contributed by atoms with van der Waals surface area (Å²) in [5, 5.41) is 14.5. The predicted molar refractivity (Wildman–Crippen MR) is 99.4 cm³/mol. The SMILES string of the molecule is C=c1[nH]n(-c2ccc(Cl)c(Cl)c2)c(=O)/c1=C/c1cccc(OC)c1O. The van der Waals surface area contributed by atoms with Crippen molar-refractivity contribution in [2.45, 2.75) is 0 Å². The number of phenols is 1. The predicted octanol–water partition coefficient (Wildman–Crippen LogP) is 2.43. The highest BCUT2D eigenvalue weighted by Gasteiger charge is 2.09. The molecule has 0 bridgehead atoms. The zero-order valence-electron chi connectivity index (χ0n) is 13.2. The number of methoxy groups -OCH3 is 1. The molecule has 0 radical (unpaired) electrons. The second kappa shape index (κ2) is 6.70. The molecular weight excluding hydrogens is 363 g/mol. The van der Waals surface area contributed by atoms with Crippen LogP contribution in [-0.4, -0.2) is 22.0 Å². The Bertz CT molecular complexity index is 1120. The van der Waals surface area contributed by atoms with Gasteiger partial charge in [0, 0.05) is 5.56 Å². The van der Waals surface area contributed by atoms with E-state index in [9.17, 15) is 9.90 Å². The van der Waals surface area contributed by atoms with E-state index in [4.69, 9.17) is 27.9 Å². The number of H-pyrrole nitrogens is 1. The maximum absolute atomic E-state index is 12.7. The summed E-state index contributed by atoms with van der Waals surface area (Å²) >= 11 is 11.9. The molecule has 0 aliphatic heterocycles. The van der Waals surface area contributed by atoms with E-state index < -0.39 is 0 Å². The maximum Gasteiger partial charge on any atom is 0.279 e. The van der Waals surface area contributed by atoms with Crippen LogP contribution in [0.5, 0.6) is 11.5 Å². The minimum absolute atomic E-state index is 0.0499. The van der Waals surface area contributed by atoms with Gasteiger partial charge in [0.1, 0.15) is 0 Å². The topological polar surface area (TPSA) is 67.2 Å². The smallest absolute Gasteiger partial charge is 0.279 e. The second-order valence-electron chi connectivity index (χ2n) is 5.29. The number of benzene rings is 2. The van der Waals surface area contributed by atoms with Crippen molar-refractivity contribution < 1.29 is 9.84 Å². The third-order valence-electron chi connectivity index (χ3n) is 3.72. The number of ether oxygens (including phenoxy) is 1. The molecule has 2 N–H and O–H groups in total. The van der Waals surface area contributed by atoms with Gasteiger partial charge in [0.2, 0.25) is 0 Å². The van der Waals surface area contributed by atoms with Gasteiger partial charge in [-0.15, -0.1) is 0 Å². The van der Waals surface area contributed by atoms with Gasteiger partial charge in [-0.05, 0) is 30.3 Å². The van der Waals surface area contributed by atoms with Gasteiger partial charge in [-0.3, -0.25) is 9.89 Å². The highest BCUT2D eigenvalue weighted by molar-refractivity contribution is 6.42. The first-order valence-corrected chi connectivity index (χ1v) is 8.01. The molecule has 3 aromatic rings. The number of aromatic amines is 1. The molecule has 0 aliphatic carbocycles. The van der Waals surface area contributed by atoms with Crippen LogP contribution in [0.25, 0.3) is 18.3 Å². The van der Waals surface area contributed by atoms with Gasteiger partial charge >= 0.3 is 0 Å². The van der Waals surface area contributed by atoms with Gasteiger partial charge in [0.15, 0.2) is 11.5 Å². The minimum atomic E-state index is -0.328. The number of aromatic nitrogens is 2. The van der Waals surface area contributed by atoms with E-state index in [1.165, 1.54) is 11.8 Å². The van der Waals surface area contributed by atoms with Crippen molar-refractivity contribution in [2.24, 2.45) is 0 Å². The number of hydrogen-bond acceptors (Lipinski definition) is 3. The fourth-order valence-corrected chi connectivity index (χ4v) is 2.72. The number of aromatic hydroxyl groups is 1. The first kappa shape index (κ1) is 17.2. The fraction of sp³-hybridized carbons (Fsp3) is 0.0556. The molecule has 0 saturated carbocycles. The normalized spacial score (nSPS) is 11.7. The van der Waals surface area contributed by atoms with E-state index in [1.807, 2.05) is 0 Å². The second-order valence-corrected chi connectivity index (χ2v) is 6.10. The molecule has 25 heavy (non-hydrogen) atoms. The summed E-state index contributed by atoms with van der Waals surface area (Å²) in [6.07, 6.45) is 1.55. The molecule has 3 rings (SSSR count). The van der Waals surface area contributed by atoms with Crippen LogP contribution in [0.4, 0.5) is 0 Å². The average molecular weight is 377 g/mol. The van der Waals surface area contributed by atoms with E-state index in [0.29, 0.717) is 37.6 Å². The maximum atomic E-state index is 12.7. The van der Waals surface area contributed by atoms with Crippen LogP contribution in [-0.2, 0) is 0 Å². The summed E-state index contributed by atoms with van der Waals surface area (Å²) in [4.78, 5) is 12.7. The van der Waals surface area contributed by atoms with Crippen LogP contribution in [0.3, 0.4) is 0 Å². The summed E-state index contributed by atoms with van der Waals surface area (Å²) in [5.74, 6) is 0.269. The van der Waals surface area contributed by atoms with Crippen molar-refractivity contribution in [3.8, 4) is 17.2 Å². The van der Waals surface area contributed by atoms with Gasteiger partial charge in [-0.25, -0.2) is 4.68 Å². The van der Waals surface area contributed by atoms with E-state index in [2.05, 4.69) is 11.7 Å². The first-order chi connectivity index (χ1) is 11.9. The van der Waals surface area contributed by atoms with Crippen LogP contribution in [0.2, 0.25) is 10.0 Å². The lowest BCUT2D eigenvalue weighted by Crippen LogP contribution is -2.33. The number of para-hydroxylation sites is 1. The number of rotatable bonds is 3. The molecule has 0 fully saturated rings. The Morgan fingerprint density at radius 2 is 2.00 bits per heavy atom. The van der Waals surface area contributed by atoms with Crippen molar-refractivity contribution in [1.82, 2.24) is 9.78 Å². The molecule has 0 saturated heterocycles. The summed E-state index contributed by atoms with van der Waals surface area (Å²) in [5.41, 5.74) is 0.645. The molecule has 0 aliphatic rings. The van der Waals surface area contributed by atoms with Crippen molar-refractivity contribution in [2.75, 3.05) is 7.11 Å². The van der Waals surface area contributed by atoms with Crippen LogP contribution in [0.1, 0.15) is 5.56 Å². The third kappa shape index (κ3) is 3.16. The zero-order chi connectivity index (χ0) is 18.1. The molecule has 5 nitrogen and oxygen atoms in total. The number of hydrogen-bond donors (Lipinski definition) is 2. The van der Waals surface area contributed by atoms with E-state index >= 15 is 0 Å².